The van der Waals surface area contributed by atoms with Crippen molar-refractivity contribution in [3.8, 4) is 0 Å². The number of aryl methyl sites for hydroxylation is 1. The van der Waals surface area contributed by atoms with Crippen molar-refractivity contribution < 1.29 is 14.3 Å². The second kappa shape index (κ2) is 2.62. The van der Waals surface area contributed by atoms with Gasteiger partial charge in [-0.1, -0.05) is 0 Å². The van der Waals surface area contributed by atoms with Crippen LogP contribution in [0.25, 0.3) is 0 Å². The third-order valence-corrected chi connectivity index (χ3v) is 2.69. The first-order valence-corrected chi connectivity index (χ1v) is 4.40. The van der Waals surface area contributed by atoms with Gasteiger partial charge in [-0.3, -0.25) is 4.79 Å². The highest BCUT2D eigenvalue weighted by Crippen LogP contribution is 2.52. The predicted molar refractivity (Wildman–Crippen MR) is 46.6 cm³/mol. The Morgan fingerprint density at radius 3 is 2.77 bits per heavy atom. The fourth-order valence-corrected chi connectivity index (χ4v) is 1.84. The Bertz CT molecular complexity index is 334. The van der Waals surface area contributed by atoms with E-state index in [0.717, 1.165) is 24.2 Å². The molecule has 3 nitrogen and oxygen atoms in total. The lowest BCUT2D eigenvalue weighted by Crippen LogP contribution is -2.12. The maximum Gasteiger partial charge on any atom is 0.304 e. The van der Waals surface area contributed by atoms with E-state index in [1.165, 1.54) is 0 Å². The molecule has 0 aromatic carbocycles. The summed E-state index contributed by atoms with van der Waals surface area (Å²) < 4.78 is 5.33. The van der Waals surface area contributed by atoms with Crippen LogP contribution < -0.4 is 0 Å². The first kappa shape index (κ1) is 8.35. The van der Waals surface area contributed by atoms with Crippen molar-refractivity contribution >= 4 is 5.97 Å². The molecule has 3 heteroatoms. The summed E-state index contributed by atoms with van der Waals surface area (Å²) in [4.78, 5) is 10.6. The minimum atomic E-state index is -0.742. The van der Waals surface area contributed by atoms with Crippen molar-refractivity contribution in [1.82, 2.24) is 0 Å². The molecule has 0 saturated heterocycles. The Labute approximate surface area is 76.4 Å². The third-order valence-electron chi connectivity index (χ3n) is 2.69. The van der Waals surface area contributed by atoms with Crippen LogP contribution in [0, 0.1) is 6.92 Å². The Balaban J connectivity index is 2.25. The predicted octanol–water partition coefficient (Wildman–Crippen LogP) is 2.09. The molecule has 1 saturated carbocycles. The fraction of sp³-hybridized carbons (Fsp3) is 0.500. The average Bonchev–Trinajstić information content (AvgIpc) is 2.65. The molecule has 0 unspecified atom stereocenters. The molecule has 0 atom stereocenters. The van der Waals surface area contributed by atoms with Crippen molar-refractivity contribution in [2.24, 2.45) is 0 Å². The number of hydrogen-bond acceptors (Lipinski definition) is 2. The average molecular weight is 180 g/mol. The molecular weight excluding hydrogens is 168 g/mol. The van der Waals surface area contributed by atoms with Crippen LogP contribution in [0.1, 0.15) is 30.6 Å². The van der Waals surface area contributed by atoms with Crippen molar-refractivity contribution in [2.45, 2.75) is 31.6 Å². The topological polar surface area (TPSA) is 50.4 Å². The molecule has 13 heavy (non-hydrogen) atoms. The molecule has 0 spiro atoms. The number of carbonyl (C=O) groups is 1. The SMILES string of the molecule is Cc1ccoc1C1(CC(=O)O)CC1. The van der Waals surface area contributed by atoms with E-state index in [1.807, 2.05) is 13.0 Å². The zero-order valence-corrected chi connectivity index (χ0v) is 7.54. The van der Waals surface area contributed by atoms with Crippen LogP contribution in [-0.2, 0) is 10.2 Å². The van der Waals surface area contributed by atoms with Gasteiger partial charge in [-0.2, -0.15) is 0 Å². The second-order valence-corrected chi connectivity index (χ2v) is 3.78. The number of aliphatic carboxylic acids is 1. The molecule has 1 fully saturated rings. The van der Waals surface area contributed by atoms with Crippen molar-refractivity contribution in [3.63, 3.8) is 0 Å². The van der Waals surface area contributed by atoms with E-state index < -0.39 is 5.97 Å². The standard InChI is InChI=1S/C10H12O3/c1-7-2-5-13-9(7)10(3-4-10)6-8(11)12/h2,5H,3-4,6H2,1H3,(H,11,12). The molecular formula is C10H12O3. The highest BCUT2D eigenvalue weighted by Gasteiger charge is 2.49. The van der Waals surface area contributed by atoms with Crippen LogP contribution in [0.4, 0.5) is 0 Å². The van der Waals surface area contributed by atoms with Gasteiger partial charge in [0.05, 0.1) is 12.7 Å². The van der Waals surface area contributed by atoms with Gasteiger partial charge in [-0.15, -0.1) is 0 Å². The summed E-state index contributed by atoms with van der Waals surface area (Å²) in [5.74, 6) is 0.128. The van der Waals surface area contributed by atoms with Crippen LogP contribution in [0.2, 0.25) is 0 Å². The Kier molecular flexibility index (Phi) is 1.68. The Morgan fingerprint density at radius 2 is 2.38 bits per heavy atom. The normalized spacial score (nSPS) is 18.5. The summed E-state index contributed by atoms with van der Waals surface area (Å²) in [5.41, 5.74) is 0.887. The first-order valence-electron chi connectivity index (χ1n) is 4.40. The van der Waals surface area contributed by atoms with E-state index in [4.69, 9.17) is 9.52 Å². The first-order chi connectivity index (χ1) is 6.14. The smallest absolute Gasteiger partial charge is 0.304 e. The summed E-state index contributed by atoms with van der Waals surface area (Å²) in [7, 11) is 0. The van der Waals surface area contributed by atoms with Crippen LogP contribution in [0.3, 0.4) is 0 Å². The van der Waals surface area contributed by atoms with Gasteiger partial charge in [0.15, 0.2) is 0 Å². The molecule has 2 rings (SSSR count). The highest BCUT2D eigenvalue weighted by molar-refractivity contribution is 5.69. The Hall–Kier alpha value is -1.25. The van der Waals surface area contributed by atoms with Gasteiger partial charge in [0.2, 0.25) is 0 Å². The lowest BCUT2D eigenvalue weighted by atomic mass is 9.97. The summed E-state index contributed by atoms with van der Waals surface area (Å²) in [6.07, 6.45) is 3.70. The molecule has 1 aliphatic rings. The van der Waals surface area contributed by atoms with E-state index in [9.17, 15) is 4.79 Å². The minimum Gasteiger partial charge on any atom is -0.481 e. The second-order valence-electron chi connectivity index (χ2n) is 3.78. The van der Waals surface area contributed by atoms with E-state index in [0.29, 0.717) is 0 Å². The van der Waals surface area contributed by atoms with Gasteiger partial charge in [0, 0.05) is 5.41 Å². The van der Waals surface area contributed by atoms with E-state index in [2.05, 4.69) is 0 Å². The molecule has 1 aromatic heterocycles. The Morgan fingerprint density at radius 1 is 1.69 bits per heavy atom. The molecule has 0 amide bonds. The van der Waals surface area contributed by atoms with Crippen LogP contribution in [0.5, 0.6) is 0 Å². The maximum absolute atomic E-state index is 10.6. The zero-order valence-electron chi connectivity index (χ0n) is 7.54. The lowest BCUT2D eigenvalue weighted by molar-refractivity contribution is -0.137. The largest absolute Gasteiger partial charge is 0.481 e. The van der Waals surface area contributed by atoms with Gasteiger partial charge >= 0.3 is 5.97 Å². The number of furan rings is 1. The summed E-state index contributed by atoms with van der Waals surface area (Å²) in [5, 5.41) is 8.74. The van der Waals surface area contributed by atoms with Crippen molar-refractivity contribution in [1.29, 1.82) is 0 Å². The molecule has 0 aliphatic heterocycles. The number of rotatable bonds is 3. The van der Waals surface area contributed by atoms with Crippen molar-refractivity contribution in [2.75, 3.05) is 0 Å². The maximum atomic E-state index is 10.6. The van der Waals surface area contributed by atoms with Crippen molar-refractivity contribution in [3.05, 3.63) is 23.7 Å². The molecule has 1 aliphatic carbocycles. The summed E-state index contributed by atoms with van der Waals surface area (Å²) in [6.45, 7) is 1.96. The van der Waals surface area contributed by atoms with Gasteiger partial charge in [-0.25, -0.2) is 0 Å². The molecule has 0 radical (unpaired) electrons. The van der Waals surface area contributed by atoms with Crippen LogP contribution in [-0.4, -0.2) is 11.1 Å². The molecule has 70 valence electrons. The van der Waals surface area contributed by atoms with Crippen LogP contribution in [0.15, 0.2) is 16.7 Å². The number of carboxylic acid groups (broad SMARTS) is 1. The lowest BCUT2D eigenvalue weighted by Gasteiger charge is -2.09. The highest BCUT2D eigenvalue weighted by atomic mass is 16.4. The van der Waals surface area contributed by atoms with Gasteiger partial charge in [0.25, 0.3) is 0 Å². The fourth-order valence-electron chi connectivity index (χ4n) is 1.84. The summed E-state index contributed by atoms with van der Waals surface area (Å²) >= 11 is 0. The van der Waals surface area contributed by atoms with Gasteiger partial charge < -0.3 is 9.52 Å². The zero-order chi connectivity index (χ0) is 9.47. The molecule has 0 bridgehead atoms. The van der Waals surface area contributed by atoms with Gasteiger partial charge in [-0.05, 0) is 31.4 Å². The monoisotopic (exact) mass is 180 g/mol. The summed E-state index contributed by atoms with van der Waals surface area (Å²) in [6, 6.07) is 1.89. The molecule has 1 heterocycles. The number of carboxylic acids is 1. The van der Waals surface area contributed by atoms with Crippen LogP contribution >= 0.6 is 0 Å². The van der Waals surface area contributed by atoms with E-state index in [-0.39, 0.29) is 11.8 Å². The minimum absolute atomic E-state index is 0.181. The molecule has 1 aromatic rings. The molecule has 1 N–H and O–H groups in total. The van der Waals surface area contributed by atoms with E-state index >= 15 is 0 Å². The van der Waals surface area contributed by atoms with Gasteiger partial charge in [0.1, 0.15) is 5.76 Å². The number of hydrogen-bond donors (Lipinski definition) is 1. The van der Waals surface area contributed by atoms with E-state index in [1.54, 1.807) is 6.26 Å². The quantitative estimate of drug-likeness (QED) is 0.774. The third kappa shape index (κ3) is 1.34.